The molecule has 0 bridgehead atoms. The summed E-state index contributed by atoms with van der Waals surface area (Å²) in [5.41, 5.74) is 0.859. The molecule has 2 aromatic carbocycles. The van der Waals surface area contributed by atoms with Crippen molar-refractivity contribution < 1.29 is 21.7 Å². The normalized spacial score (nSPS) is 16.1. The van der Waals surface area contributed by atoms with E-state index in [1.807, 2.05) is 0 Å². The molecular weight excluding hydrogens is 442 g/mol. The first kappa shape index (κ1) is 20.6. The van der Waals surface area contributed by atoms with Gasteiger partial charge < -0.3 is 4.52 Å². The molecule has 11 heteroatoms. The number of fused-ring (bicyclic) bond motifs is 2. The number of sulfonamides is 1. The number of rotatable bonds is 4. The summed E-state index contributed by atoms with van der Waals surface area (Å²) >= 11 is 0. The summed E-state index contributed by atoms with van der Waals surface area (Å²) in [6.07, 6.45) is 1.06. The van der Waals surface area contributed by atoms with Crippen LogP contribution in [0.1, 0.15) is 5.69 Å². The summed E-state index contributed by atoms with van der Waals surface area (Å²) in [7, 11) is -3.43. The summed E-state index contributed by atoms with van der Waals surface area (Å²) < 4.78 is 63.3. The van der Waals surface area contributed by atoms with E-state index in [0.29, 0.717) is 11.1 Å². The molecule has 0 amide bonds. The van der Waals surface area contributed by atoms with Gasteiger partial charge in [0.25, 0.3) is 5.56 Å². The van der Waals surface area contributed by atoms with Crippen molar-refractivity contribution in [2.24, 2.45) is 0 Å². The molecule has 0 aliphatic carbocycles. The molecule has 1 aliphatic heterocycles. The van der Waals surface area contributed by atoms with Gasteiger partial charge in [0.15, 0.2) is 5.58 Å². The van der Waals surface area contributed by atoms with Gasteiger partial charge >= 0.3 is 0 Å². The lowest BCUT2D eigenvalue weighted by Crippen LogP contribution is -2.36. The quantitative estimate of drug-likeness (QED) is 0.505. The van der Waals surface area contributed by atoms with E-state index >= 15 is 0 Å². The minimum atomic E-state index is -3.43. The van der Waals surface area contributed by atoms with Gasteiger partial charge in [0.1, 0.15) is 17.3 Å². The van der Waals surface area contributed by atoms with Gasteiger partial charge in [-0.25, -0.2) is 26.6 Å². The molecule has 1 N–H and O–H groups in total. The maximum atomic E-state index is 14.6. The maximum absolute atomic E-state index is 14.6. The summed E-state index contributed by atoms with van der Waals surface area (Å²) in [5, 5.41) is 4.39. The fourth-order valence-corrected chi connectivity index (χ4v) is 5.13. The number of hydrogen-bond acceptors (Lipinski definition) is 5. The smallest absolute Gasteiger partial charge is 0.276 e. The molecule has 0 fully saturated rings. The van der Waals surface area contributed by atoms with Crippen LogP contribution in [0.2, 0.25) is 0 Å². The van der Waals surface area contributed by atoms with Gasteiger partial charge in [0, 0.05) is 11.3 Å². The van der Waals surface area contributed by atoms with E-state index in [0.717, 1.165) is 18.4 Å². The Kier molecular flexibility index (Phi) is 4.57. The van der Waals surface area contributed by atoms with Crippen molar-refractivity contribution in [3.05, 3.63) is 64.1 Å². The van der Waals surface area contributed by atoms with Gasteiger partial charge in [-0.2, -0.15) is 0 Å². The average Bonchev–Trinajstić information content (AvgIpc) is 3.36. The van der Waals surface area contributed by atoms with Crippen molar-refractivity contribution in [3.8, 4) is 22.4 Å². The first-order valence-electron chi connectivity index (χ1n) is 9.76. The lowest BCUT2D eigenvalue weighted by Gasteiger charge is -2.09. The molecular formula is C21H18F2N4O4S. The minimum Gasteiger partial charge on any atom is -0.356 e. The number of aromatic nitrogens is 3. The van der Waals surface area contributed by atoms with Crippen LogP contribution in [0, 0.1) is 18.6 Å². The molecule has 5 rings (SSSR count). The van der Waals surface area contributed by atoms with E-state index in [-0.39, 0.29) is 46.6 Å². The minimum absolute atomic E-state index is 0.150. The highest BCUT2D eigenvalue weighted by Crippen LogP contribution is 2.38. The van der Waals surface area contributed by atoms with Gasteiger partial charge in [-0.05, 0) is 25.1 Å². The fourth-order valence-electron chi connectivity index (χ4n) is 4.37. The van der Waals surface area contributed by atoms with E-state index in [9.17, 15) is 22.0 Å². The second kappa shape index (κ2) is 7.10. The third-order valence-electron chi connectivity index (χ3n) is 5.62. The fraction of sp³-hybridized carbons (Fsp3) is 0.238. The Hall–Kier alpha value is -3.31. The Balaban J connectivity index is 1.69. The van der Waals surface area contributed by atoms with E-state index in [2.05, 4.69) is 9.88 Å². The van der Waals surface area contributed by atoms with Crippen LogP contribution < -0.4 is 10.3 Å². The molecule has 3 heterocycles. The van der Waals surface area contributed by atoms with Crippen LogP contribution >= 0.6 is 0 Å². The van der Waals surface area contributed by atoms with Crippen LogP contribution in [0.4, 0.5) is 8.78 Å². The van der Waals surface area contributed by atoms with E-state index in [4.69, 9.17) is 4.52 Å². The van der Waals surface area contributed by atoms with Crippen molar-refractivity contribution in [2.75, 3.05) is 6.26 Å². The van der Waals surface area contributed by atoms with E-state index in [1.165, 1.54) is 10.7 Å². The standard InChI is InChI=1S/C21H18F2N4O4S/c1-11-17(21(28)27-10-12(9-26(11)27)25-32(2,29)30)20-19-13(5-3-8-16(19)31-24-20)18-14(22)6-4-7-15(18)23/h3-8,12,25H,9-10H2,1-2H3/t12-/m1/s1. The highest BCUT2D eigenvalue weighted by Gasteiger charge is 2.32. The Morgan fingerprint density at radius 2 is 1.72 bits per heavy atom. The molecule has 2 aromatic heterocycles. The first-order valence-corrected chi connectivity index (χ1v) is 11.7. The van der Waals surface area contributed by atoms with Gasteiger partial charge in [-0.15, -0.1) is 0 Å². The van der Waals surface area contributed by atoms with Crippen LogP contribution in [0.15, 0.2) is 45.7 Å². The van der Waals surface area contributed by atoms with Gasteiger partial charge in [-0.1, -0.05) is 23.4 Å². The zero-order chi connectivity index (χ0) is 22.8. The third kappa shape index (κ3) is 3.16. The molecule has 0 unspecified atom stereocenters. The number of hydrogen-bond donors (Lipinski definition) is 1. The third-order valence-corrected chi connectivity index (χ3v) is 6.38. The molecule has 0 saturated heterocycles. The number of benzene rings is 2. The predicted molar refractivity (Wildman–Crippen MR) is 114 cm³/mol. The van der Waals surface area contributed by atoms with Gasteiger partial charge in [0.2, 0.25) is 10.0 Å². The number of nitrogens with one attached hydrogen (secondary N) is 1. The first-order chi connectivity index (χ1) is 15.2. The van der Waals surface area contributed by atoms with Crippen molar-refractivity contribution in [1.29, 1.82) is 0 Å². The monoisotopic (exact) mass is 460 g/mol. The van der Waals surface area contributed by atoms with Gasteiger partial charge in [-0.3, -0.25) is 9.48 Å². The zero-order valence-electron chi connectivity index (χ0n) is 17.1. The maximum Gasteiger partial charge on any atom is 0.276 e. The lowest BCUT2D eigenvalue weighted by molar-refractivity contribution is 0.459. The summed E-state index contributed by atoms with van der Waals surface area (Å²) in [6.45, 7) is 2.12. The largest absolute Gasteiger partial charge is 0.356 e. The van der Waals surface area contributed by atoms with E-state index < -0.39 is 27.7 Å². The van der Waals surface area contributed by atoms with Gasteiger partial charge in [0.05, 0.1) is 41.9 Å². The average molecular weight is 460 g/mol. The van der Waals surface area contributed by atoms with Crippen molar-refractivity contribution in [3.63, 3.8) is 0 Å². The van der Waals surface area contributed by atoms with Crippen molar-refractivity contribution in [2.45, 2.75) is 26.1 Å². The predicted octanol–water partition coefficient (Wildman–Crippen LogP) is 2.64. The number of halogens is 2. The lowest BCUT2D eigenvalue weighted by atomic mass is 9.97. The SMILES string of the molecule is Cc1c(-c2noc3cccc(-c4c(F)cccc4F)c23)c(=O)n2n1C[C@@H](NS(C)(=O)=O)C2. The Bertz CT molecular complexity index is 1530. The van der Waals surface area contributed by atoms with Crippen LogP contribution in [-0.2, 0) is 23.1 Å². The van der Waals surface area contributed by atoms with Crippen LogP contribution in [0.25, 0.3) is 33.4 Å². The van der Waals surface area contributed by atoms with Crippen molar-refractivity contribution >= 4 is 21.0 Å². The molecule has 32 heavy (non-hydrogen) atoms. The van der Waals surface area contributed by atoms with E-state index in [1.54, 1.807) is 29.8 Å². The number of nitrogens with zero attached hydrogens (tertiary/aromatic N) is 3. The molecule has 166 valence electrons. The molecule has 8 nitrogen and oxygen atoms in total. The second-order valence-electron chi connectivity index (χ2n) is 7.82. The molecule has 0 saturated carbocycles. The topological polar surface area (TPSA) is 99.1 Å². The molecule has 0 radical (unpaired) electrons. The molecule has 0 spiro atoms. The Morgan fingerprint density at radius 3 is 2.38 bits per heavy atom. The molecule has 1 atom stereocenters. The second-order valence-corrected chi connectivity index (χ2v) is 9.60. The highest BCUT2D eigenvalue weighted by molar-refractivity contribution is 7.88. The molecule has 1 aliphatic rings. The van der Waals surface area contributed by atoms with Crippen molar-refractivity contribution in [1.82, 2.24) is 19.2 Å². The van der Waals surface area contributed by atoms with Crippen LogP contribution in [0.5, 0.6) is 0 Å². The Labute approximate surface area is 181 Å². The highest BCUT2D eigenvalue weighted by atomic mass is 32.2. The van der Waals surface area contributed by atoms with Crippen LogP contribution in [-0.4, -0.2) is 35.2 Å². The van der Waals surface area contributed by atoms with Crippen LogP contribution in [0.3, 0.4) is 0 Å². The summed E-state index contributed by atoms with van der Waals surface area (Å²) in [6, 6.07) is 7.89. The Morgan fingerprint density at radius 1 is 1.06 bits per heavy atom. The molecule has 4 aromatic rings. The zero-order valence-corrected chi connectivity index (χ0v) is 17.9. The summed E-state index contributed by atoms with van der Waals surface area (Å²) in [4.78, 5) is 13.3. The summed E-state index contributed by atoms with van der Waals surface area (Å²) in [5.74, 6) is -1.49.